The van der Waals surface area contributed by atoms with Gasteiger partial charge < -0.3 is 0 Å². The third-order valence-electron chi connectivity index (χ3n) is 2.35. The van der Waals surface area contributed by atoms with Crippen molar-refractivity contribution in [3.8, 4) is 11.8 Å². The van der Waals surface area contributed by atoms with Crippen LogP contribution in [0.15, 0.2) is 23.3 Å². The van der Waals surface area contributed by atoms with Crippen LogP contribution in [0.1, 0.15) is 46.0 Å². The Morgan fingerprint density at radius 1 is 1.46 bits per heavy atom. The van der Waals surface area contributed by atoms with E-state index in [1.807, 2.05) is 0 Å². The predicted molar refractivity (Wildman–Crippen MR) is 58.4 cm³/mol. The summed E-state index contributed by atoms with van der Waals surface area (Å²) in [5, 5.41) is 0. The van der Waals surface area contributed by atoms with E-state index in [0.29, 0.717) is 0 Å². The molecule has 0 heteroatoms. The molecule has 1 rings (SSSR count). The molecule has 0 atom stereocenters. The summed E-state index contributed by atoms with van der Waals surface area (Å²) in [6.45, 7) is 8.24. The average molecular weight is 174 g/mol. The molecule has 0 aromatic heterocycles. The molecule has 0 bridgehead atoms. The van der Waals surface area contributed by atoms with Crippen molar-refractivity contribution in [2.24, 2.45) is 0 Å². The van der Waals surface area contributed by atoms with Gasteiger partial charge in [0, 0.05) is 12.0 Å². The second-order valence-electron chi connectivity index (χ2n) is 3.64. The van der Waals surface area contributed by atoms with E-state index in [4.69, 9.17) is 0 Å². The van der Waals surface area contributed by atoms with E-state index in [-0.39, 0.29) is 0 Å². The van der Waals surface area contributed by atoms with Gasteiger partial charge >= 0.3 is 0 Å². The lowest BCUT2D eigenvalue weighted by molar-refractivity contribution is 0.903. The van der Waals surface area contributed by atoms with Gasteiger partial charge in [-0.15, -0.1) is 0 Å². The Balaban J connectivity index is 2.72. The van der Waals surface area contributed by atoms with Crippen molar-refractivity contribution >= 4 is 0 Å². The highest BCUT2D eigenvalue weighted by atomic mass is 14.2. The second-order valence-corrected chi connectivity index (χ2v) is 3.64. The van der Waals surface area contributed by atoms with Gasteiger partial charge in [0.2, 0.25) is 0 Å². The highest BCUT2D eigenvalue weighted by molar-refractivity contribution is 5.44. The molecule has 0 nitrogen and oxygen atoms in total. The van der Waals surface area contributed by atoms with Crippen molar-refractivity contribution in [1.82, 2.24) is 0 Å². The molecular weight excluding hydrogens is 156 g/mol. The van der Waals surface area contributed by atoms with Gasteiger partial charge in [-0.2, -0.15) is 0 Å². The maximum atomic E-state index is 3.99. The lowest BCUT2D eigenvalue weighted by Crippen LogP contribution is -1.82. The van der Waals surface area contributed by atoms with Crippen LogP contribution in [0, 0.1) is 11.8 Å². The first-order valence-electron chi connectivity index (χ1n) is 5.12. The van der Waals surface area contributed by atoms with Crippen molar-refractivity contribution in [2.45, 2.75) is 46.0 Å². The molecule has 0 fully saturated rings. The Labute approximate surface area is 81.7 Å². The summed E-state index contributed by atoms with van der Waals surface area (Å²) in [5.74, 6) is 6.50. The fraction of sp³-hybridized carbons (Fsp3) is 0.538. The molecular formula is C13H18. The maximum absolute atomic E-state index is 3.99. The van der Waals surface area contributed by atoms with Crippen molar-refractivity contribution in [2.75, 3.05) is 0 Å². The van der Waals surface area contributed by atoms with Gasteiger partial charge in [-0.25, -0.2) is 0 Å². The first-order chi connectivity index (χ1) is 6.25. The first-order valence-corrected chi connectivity index (χ1v) is 5.12. The molecule has 0 N–H and O–H groups in total. The van der Waals surface area contributed by atoms with Crippen LogP contribution in [0.5, 0.6) is 0 Å². The van der Waals surface area contributed by atoms with Crippen LogP contribution in [-0.4, -0.2) is 0 Å². The molecule has 1 aliphatic carbocycles. The summed E-state index contributed by atoms with van der Waals surface area (Å²) < 4.78 is 0. The molecule has 1 aliphatic rings. The molecule has 0 aromatic carbocycles. The maximum Gasteiger partial charge on any atom is 0.00897 e. The van der Waals surface area contributed by atoms with Crippen LogP contribution in [0.4, 0.5) is 0 Å². The van der Waals surface area contributed by atoms with Gasteiger partial charge in [0.25, 0.3) is 0 Å². The highest BCUT2D eigenvalue weighted by Crippen LogP contribution is 2.29. The monoisotopic (exact) mass is 174 g/mol. The molecule has 13 heavy (non-hydrogen) atoms. The molecule has 0 aromatic rings. The Kier molecular flexibility index (Phi) is 3.83. The first kappa shape index (κ1) is 10.1. The van der Waals surface area contributed by atoms with Gasteiger partial charge in [-0.05, 0) is 38.2 Å². The van der Waals surface area contributed by atoms with E-state index >= 15 is 0 Å². The summed E-state index contributed by atoms with van der Waals surface area (Å²) in [6, 6.07) is 0. The number of hydrogen-bond donors (Lipinski definition) is 0. The predicted octanol–water partition coefficient (Wildman–Crippen LogP) is 3.85. The Bertz CT molecular complexity index is 281. The van der Waals surface area contributed by atoms with Gasteiger partial charge in [0.1, 0.15) is 0 Å². The molecule has 0 heterocycles. The average Bonchev–Trinajstić information content (AvgIpc) is 2.53. The molecule has 0 unspecified atom stereocenters. The lowest BCUT2D eigenvalue weighted by Gasteiger charge is -1.99. The van der Waals surface area contributed by atoms with E-state index in [9.17, 15) is 0 Å². The van der Waals surface area contributed by atoms with E-state index in [0.717, 1.165) is 12.8 Å². The normalized spacial score (nSPS) is 15.5. The lowest BCUT2D eigenvalue weighted by atomic mass is 10.1. The number of rotatable bonds is 2. The number of hydrogen-bond acceptors (Lipinski definition) is 0. The quantitative estimate of drug-likeness (QED) is 0.558. The summed E-state index contributed by atoms with van der Waals surface area (Å²) in [6.07, 6.45) is 5.79. The zero-order valence-electron chi connectivity index (χ0n) is 8.74. The van der Waals surface area contributed by atoms with Gasteiger partial charge in [0.15, 0.2) is 0 Å². The largest absolute Gasteiger partial charge is 0.0982 e. The van der Waals surface area contributed by atoms with Crippen LogP contribution in [0.25, 0.3) is 0 Å². The van der Waals surface area contributed by atoms with E-state index < -0.39 is 0 Å². The third-order valence-corrected chi connectivity index (χ3v) is 2.35. The van der Waals surface area contributed by atoms with E-state index in [1.54, 1.807) is 0 Å². The molecule has 0 aliphatic heterocycles. The molecule has 0 saturated carbocycles. The SMILES string of the molecule is C=C(C)C1=C(C#CCCC)CCC1. The molecule has 0 radical (unpaired) electrons. The van der Waals surface area contributed by atoms with Crippen molar-refractivity contribution < 1.29 is 0 Å². The fourth-order valence-corrected chi connectivity index (χ4v) is 1.65. The summed E-state index contributed by atoms with van der Waals surface area (Å²) in [7, 11) is 0. The Morgan fingerprint density at radius 2 is 2.23 bits per heavy atom. The van der Waals surface area contributed by atoms with Crippen molar-refractivity contribution in [1.29, 1.82) is 0 Å². The van der Waals surface area contributed by atoms with Crippen molar-refractivity contribution in [3.63, 3.8) is 0 Å². The highest BCUT2D eigenvalue weighted by Gasteiger charge is 2.12. The smallest absolute Gasteiger partial charge is 0.00897 e. The van der Waals surface area contributed by atoms with E-state index in [1.165, 1.54) is 36.0 Å². The molecule has 0 spiro atoms. The van der Waals surface area contributed by atoms with Crippen molar-refractivity contribution in [3.05, 3.63) is 23.3 Å². The van der Waals surface area contributed by atoms with Crippen LogP contribution >= 0.6 is 0 Å². The van der Waals surface area contributed by atoms with Crippen LogP contribution < -0.4 is 0 Å². The van der Waals surface area contributed by atoms with Gasteiger partial charge in [-0.3, -0.25) is 0 Å². The minimum absolute atomic E-state index is 1.02. The number of unbranched alkanes of at least 4 members (excludes halogenated alkanes) is 1. The standard InChI is InChI=1S/C13H18/c1-4-5-6-8-12-9-7-10-13(12)11(2)3/h2,4-5,7,9-10H2,1,3H3. The van der Waals surface area contributed by atoms with E-state index in [2.05, 4.69) is 32.3 Å². The zero-order chi connectivity index (χ0) is 9.68. The minimum atomic E-state index is 1.02. The van der Waals surface area contributed by atoms with Crippen LogP contribution in [0.2, 0.25) is 0 Å². The second kappa shape index (κ2) is 4.92. The summed E-state index contributed by atoms with van der Waals surface area (Å²) >= 11 is 0. The number of allylic oxidation sites excluding steroid dienone is 3. The minimum Gasteiger partial charge on any atom is -0.0982 e. The summed E-state index contributed by atoms with van der Waals surface area (Å²) in [5.41, 5.74) is 3.97. The molecule has 70 valence electrons. The van der Waals surface area contributed by atoms with Gasteiger partial charge in [-0.1, -0.05) is 30.9 Å². The topological polar surface area (TPSA) is 0 Å². The fourth-order valence-electron chi connectivity index (χ4n) is 1.65. The Hall–Kier alpha value is -0.960. The zero-order valence-corrected chi connectivity index (χ0v) is 8.74. The third kappa shape index (κ3) is 2.77. The molecule has 0 amide bonds. The van der Waals surface area contributed by atoms with Crippen LogP contribution in [-0.2, 0) is 0 Å². The van der Waals surface area contributed by atoms with Gasteiger partial charge in [0.05, 0.1) is 0 Å². The Morgan fingerprint density at radius 3 is 2.85 bits per heavy atom. The van der Waals surface area contributed by atoms with Crippen LogP contribution in [0.3, 0.4) is 0 Å². The summed E-state index contributed by atoms with van der Waals surface area (Å²) in [4.78, 5) is 0. The molecule has 0 saturated heterocycles.